The smallest absolute Gasteiger partial charge is 0.302 e. The molecule has 1 aromatic heterocycles. The molecule has 0 atom stereocenters. The van der Waals surface area contributed by atoms with Gasteiger partial charge in [0.25, 0.3) is 0 Å². The molecule has 0 bridgehead atoms. The Labute approximate surface area is 154 Å². The van der Waals surface area contributed by atoms with Crippen LogP contribution >= 0.6 is 0 Å². The summed E-state index contributed by atoms with van der Waals surface area (Å²) < 4.78 is 37.5. The minimum Gasteiger partial charge on any atom is -0.493 e. The normalized spacial score (nSPS) is 11.3. The van der Waals surface area contributed by atoms with E-state index in [0.717, 1.165) is 22.0 Å². The van der Waals surface area contributed by atoms with E-state index in [1.807, 2.05) is 18.2 Å². The Bertz CT molecular complexity index is 823. The summed E-state index contributed by atoms with van der Waals surface area (Å²) >= 11 is 0. The number of hydrogen-bond donors (Lipinski definition) is 2. The first-order chi connectivity index (χ1) is 12.4. The zero-order valence-electron chi connectivity index (χ0n) is 15.3. The lowest BCUT2D eigenvalue weighted by Gasteiger charge is -2.13. The monoisotopic (exact) mass is 380 g/mol. The van der Waals surface area contributed by atoms with Crippen molar-refractivity contribution in [2.75, 3.05) is 44.9 Å². The topological polar surface area (TPSA) is 92.8 Å². The molecular formula is C17H24N4O4S. The van der Waals surface area contributed by atoms with Crippen molar-refractivity contribution in [2.45, 2.75) is 6.42 Å². The fourth-order valence-corrected chi connectivity index (χ4v) is 2.74. The predicted molar refractivity (Wildman–Crippen MR) is 102 cm³/mol. The van der Waals surface area contributed by atoms with Gasteiger partial charge in [0.05, 0.1) is 26.1 Å². The van der Waals surface area contributed by atoms with Gasteiger partial charge >= 0.3 is 10.2 Å². The Morgan fingerprint density at radius 1 is 1.08 bits per heavy atom. The molecule has 0 aliphatic rings. The molecule has 0 aliphatic heterocycles. The number of methoxy groups -OCH3 is 2. The fourth-order valence-electron chi connectivity index (χ4n) is 2.17. The van der Waals surface area contributed by atoms with E-state index >= 15 is 0 Å². The van der Waals surface area contributed by atoms with Crippen LogP contribution in [0.3, 0.4) is 0 Å². The van der Waals surface area contributed by atoms with Gasteiger partial charge in [-0.05, 0) is 36.2 Å². The molecule has 0 saturated heterocycles. The maximum Gasteiger partial charge on any atom is 0.302 e. The zero-order valence-corrected chi connectivity index (χ0v) is 16.1. The molecule has 0 unspecified atom stereocenters. The highest BCUT2D eigenvalue weighted by Gasteiger charge is 2.13. The molecule has 2 rings (SSSR count). The number of aromatic nitrogens is 1. The van der Waals surface area contributed by atoms with Crippen LogP contribution in [0.2, 0.25) is 0 Å². The van der Waals surface area contributed by atoms with Crippen molar-refractivity contribution in [1.29, 1.82) is 0 Å². The summed E-state index contributed by atoms with van der Waals surface area (Å²) in [6, 6.07) is 9.19. The van der Waals surface area contributed by atoms with Crippen molar-refractivity contribution in [2.24, 2.45) is 0 Å². The van der Waals surface area contributed by atoms with Crippen molar-refractivity contribution in [3.63, 3.8) is 0 Å². The van der Waals surface area contributed by atoms with Crippen LogP contribution in [0.15, 0.2) is 36.5 Å². The van der Waals surface area contributed by atoms with E-state index in [1.165, 1.54) is 14.1 Å². The predicted octanol–water partition coefficient (Wildman–Crippen LogP) is 1.97. The number of nitrogens with zero attached hydrogens (tertiary/aromatic N) is 2. The lowest BCUT2D eigenvalue weighted by atomic mass is 10.1. The molecule has 9 heteroatoms. The maximum absolute atomic E-state index is 11.8. The first-order valence-corrected chi connectivity index (χ1v) is 9.41. The van der Waals surface area contributed by atoms with Crippen LogP contribution in [0.25, 0.3) is 0 Å². The average Bonchev–Trinajstić information content (AvgIpc) is 2.62. The summed E-state index contributed by atoms with van der Waals surface area (Å²) in [6.45, 7) is 0.694. The van der Waals surface area contributed by atoms with Gasteiger partial charge in [-0.2, -0.15) is 12.7 Å². The second kappa shape index (κ2) is 8.72. The minimum absolute atomic E-state index is 0.268. The Kier molecular flexibility index (Phi) is 6.64. The number of pyridine rings is 1. The van der Waals surface area contributed by atoms with Gasteiger partial charge in [-0.25, -0.2) is 4.98 Å². The van der Waals surface area contributed by atoms with Crippen molar-refractivity contribution < 1.29 is 17.9 Å². The van der Waals surface area contributed by atoms with Crippen LogP contribution < -0.4 is 19.5 Å². The van der Waals surface area contributed by atoms with Gasteiger partial charge in [0.1, 0.15) is 5.82 Å². The highest BCUT2D eigenvalue weighted by atomic mass is 32.2. The summed E-state index contributed by atoms with van der Waals surface area (Å²) in [7, 11) is 2.56. The Hall–Kier alpha value is -2.52. The van der Waals surface area contributed by atoms with Gasteiger partial charge in [0, 0.05) is 20.6 Å². The van der Waals surface area contributed by atoms with Crippen LogP contribution in [-0.2, 0) is 16.6 Å². The van der Waals surface area contributed by atoms with E-state index in [9.17, 15) is 8.42 Å². The molecule has 0 saturated carbocycles. The molecule has 2 aromatic rings. The first kappa shape index (κ1) is 19.8. The summed E-state index contributed by atoms with van der Waals surface area (Å²) in [4.78, 5) is 4.11. The molecule has 0 radical (unpaired) electrons. The minimum atomic E-state index is -3.55. The van der Waals surface area contributed by atoms with Gasteiger partial charge in [0.2, 0.25) is 0 Å². The van der Waals surface area contributed by atoms with Crippen LogP contribution in [0.4, 0.5) is 11.5 Å². The number of ether oxygens (including phenoxy) is 2. The summed E-state index contributed by atoms with van der Waals surface area (Å²) in [5, 5.41) is 3.25. The lowest BCUT2D eigenvalue weighted by molar-refractivity contribution is 0.354. The molecule has 0 spiro atoms. The highest BCUT2D eigenvalue weighted by molar-refractivity contribution is 7.90. The Balaban J connectivity index is 1.90. The second-order valence-electron chi connectivity index (χ2n) is 5.69. The molecular weight excluding hydrogens is 356 g/mol. The molecule has 26 heavy (non-hydrogen) atoms. The van der Waals surface area contributed by atoms with E-state index in [1.54, 1.807) is 32.5 Å². The fraction of sp³-hybridized carbons (Fsp3) is 0.353. The molecule has 2 N–H and O–H groups in total. The maximum atomic E-state index is 11.8. The summed E-state index contributed by atoms with van der Waals surface area (Å²) in [5.41, 5.74) is 1.91. The van der Waals surface area contributed by atoms with Crippen LogP contribution in [-0.4, -0.2) is 52.6 Å². The molecule has 8 nitrogen and oxygen atoms in total. The molecule has 0 fully saturated rings. The van der Waals surface area contributed by atoms with Gasteiger partial charge in [-0.15, -0.1) is 0 Å². The second-order valence-corrected chi connectivity index (χ2v) is 7.57. The highest BCUT2D eigenvalue weighted by Crippen LogP contribution is 2.27. The lowest BCUT2D eigenvalue weighted by Crippen LogP contribution is -2.29. The third kappa shape index (κ3) is 5.24. The van der Waals surface area contributed by atoms with Crippen molar-refractivity contribution >= 4 is 21.7 Å². The molecule has 0 aliphatic carbocycles. The van der Waals surface area contributed by atoms with E-state index in [-0.39, 0.29) is 5.82 Å². The van der Waals surface area contributed by atoms with Crippen molar-refractivity contribution in [3.8, 4) is 11.5 Å². The first-order valence-electron chi connectivity index (χ1n) is 7.97. The van der Waals surface area contributed by atoms with Crippen molar-refractivity contribution in [3.05, 3.63) is 42.1 Å². The standard InChI is InChI=1S/C17H24N4O4S/c1-21(2)26(22,23)20-17-8-6-14(12-19-17)18-10-9-13-5-7-15(24-3)16(11-13)25-4/h5-8,11-12,18H,9-10H2,1-4H3,(H,19,20). The van der Waals surface area contributed by atoms with E-state index in [0.29, 0.717) is 18.0 Å². The molecule has 1 aromatic carbocycles. The largest absolute Gasteiger partial charge is 0.493 e. The van der Waals surface area contributed by atoms with Gasteiger partial charge < -0.3 is 14.8 Å². The van der Waals surface area contributed by atoms with E-state index in [2.05, 4.69) is 15.0 Å². The quantitative estimate of drug-likeness (QED) is 0.691. The SMILES string of the molecule is COc1ccc(CCNc2ccc(NS(=O)(=O)N(C)C)nc2)cc1OC. The van der Waals surface area contributed by atoms with Crippen LogP contribution in [0, 0.1) is 0 Å². The number of nitrogens with one attached hydrogen (secondary N) is 2. The summed E-state index contributed by atoms with van der Waals surface area (Å²) in [5.74, 6) is 1.66. The number of rotatable bonds is 9. The van der Waals surface area contributed by atoms with Crippen LogP contribution in [0.1, 0.15) is 5.56 Å². The summed E-state index contributed by atoms with van der Waals surface area (Å²) in [6.07, 6.45) is 2.37. The molecule has 0 amide bonds. The zero-order chi connectivity index (χ0) is 19.2. The number of benzene rings is 1. The van der Waals surface area contributed by atoms with Gasteiger partial charge in [-0.1, -0.05) is 6.07 Å². The third-order valence-electron chi connectivity index (χ3n) is 3.67. The van der Waals surface area contributed by atoms with Gasteiger partial charge in [0.15, 0.2) is 11.5 Å². The van der Waals surface area contributed by atoms with E-state index in [4.69, 9.17) is 9.47 Å². The Morgan fingerprint density at radius 3 is 2.38 bits per heavy atom. The van der Waals surface area contributed by atoms with E-state index < -0.39 is 10.2 Å². The van der Waals surface area contributed by atoms with Crippen LogP contribution in [0.5, 0.6) is 11.5 Å². The number of hydrogen-bond acceptors (Lipinski definition) is 6. The van der Waals surface area contributed by atoms with Crippen molar-refractivity contribution in [1.82, 2.24) is 9.29 Å². The number of anilines is 2. The average molecular weight is 380 g/mol. The van der Waals surface area contributed by atoms with Gasteiger partial charge in [-0.3, -0.25) is 4.72 Å². The molecule has 1 heterocycles. The Morgan fingerprint density at radius 2 is 1.81 bits per heavy atom. The third-order valence-corrected chi connectivity index (χ3v) is 5.10. The molecule has 142 valence electrons.